The number of hydrogen-bond donors (Lipinski definition) is 1. The number of aliphatic carboxylic acids is 1. The fourth-order valence-corrected chi connectivity index (χ4v) is 2.56. The van der Waals surface area contributed by atoms with E-state index in [9.17, 15) is 9.59 Å². The van der Waals surface area contributed by atoms with Crippen molar-refractivity contribution in [1.29, 1.82) is 0 Å². The monoisotopic (exact) mass is 210 g/mol. The predicted molar refractivity (Wildman–Crippen MR) is 49.7 cm³/mol. The van der Waals surface area contributed by atoms with Gasteiger partial charge in [0, 0.05) is 10.2 Å². The summed E-state index contributed by atoms with van der Waals surface area (Å²) in [4.78, 5) is 22.8. The van der Waals surface area contributed by atoms with Crippen LogP contribution in [0.15, 0.2) is 32.5 Å². The first-order valence-corrected chi connectivity index (χ1v) is 4.79. The molecule has 0 aliphatic carbocycles. The average Bonchev–Trinajstić information content (AvgIpc) is 2.42. The highest BCUT2D eigenvalue weighted by atomic mass is 32.2. The molecule has 1 N–H and O–H groups in total. The molecule has 1 unspecified atom stereocenters. The summed E-state index contributed by atoms with van der Waals surface area (Å²) in [5, 5.41) is 15.5. The number of thioether (sulfide) groups is 1. The average molecular weight is 210 g/mol. The van der Waals surface area contributed by atoms with Gasteiger partial charge in [-0.1, -0.05) is 0 Å². The Bertz CT molecular complexity index is 422. The van der Waals surface area contributed by atoms with Crippen LogP contribution in [0, 0.1) is 0 Å². The molecule has 5 nitrogen and oxygen atoms in total. The third kappa shape index (κ3) is 1.19. The van der Waals surface area contributed by atoms with Crippen LogP contribution in [0.25, 0.3) is 0 Å². The second kappa shape index (κ2) is 3.06. The molecule has 2 rings (SSSR count). The molecule has 0 aromatic heterocycles. The Morgan fingerprint density at radius 3 is 3.00 bits per heavy atom. The molecule has 72 valence electrons. The molecule has 6 heteroatoms. The van der Waals surface area contributed by atoms with Gasteiger partial charge in [-0.05, 0) is 6.92 Å². The highest BCUT2D eigenvalue weighted by molar-refractivity contribution is 8.04. The van der Waals surface area contributed by atoms with E-state index in [1.54, 1.807) is 6.92 Å². The maximum atomic E-state index is 11.3. The number of carbonyl (C=O) groups excluding carboxylic acids is 1. The molecular weight excluding hydrogens is 204 g/mol. The molecule has 0 fully saturated rings. The van der Waals surface area contributed by atoms with Crippen molar-refractivity contribution in [2.75, 3.05) is 0 Å². The fourth-order valence-electron chi connectivity index (χ4n) is 1.42. The van der Waals surface area contributed by atoms with Crippen LogP contribution in [0.1, 0.15) is 6.92 Å². The fraction of sp³-hybridized carbons (Fsp3) is 0.250. The number of carboxylic acid groups (broad SMARTS) is 1. The van der Waals surface area contributed by atoms with Crippen LogP contribution in [-0.2, 0) is 9.59 Å². The van der Waals surface area contributed by atoms with Crippen molar-refractivity contribution in [3.63, 3.8) is 0 Å². The lowest BCUT2D eigenvalue weighted by atomic mass is 10.1. The van der Waals surface area contributed by atoms with E-state index in [2.05, 4.69) is 10.2 Å². The Balaban J connectivity index is 2.59. The van der Waals surface area contributed by atoms with Crippen LogP contribution in [0.5, 0.6) is 0 Å². The Morgan fingerprint density at radius 1 is 1.64 bits per heavy atom. The largest absolute Gasteiger partial charge is 0.478 e. The van der Waals surface area contributed by atoms with E-state index in [4.69, 9.17) is 5.11 Å². The number of azo groups is 1. The smallest absolute Gasteiger partial charge is 0.333 e. The normalized spacial score (nSPS) is 25.1. The zero-order valence-electron chi connectivity index (χ0n) is 7.22. The molecule has 0 saturated carbocycles. The molecule has 14 heavy (non-hydrogen) atoms. The molecule has 0 aromatic rings. The molecule has 2 heterocycles. The van der Waals surface area contributed by atoms with Crippen molar-refractivity contribution in [2.45, 2.75) is 12.2 Å². The summed E-state index contributed by atoms with van der Waals surface area (Å²) >= 11 is 1.32. The Hall–Kier alpha value is -1.43. The van der Waals surface area contributed by atoms with Crippen molar-refractivity contribution in [3.8, 4) is 0 Å². The van der Waals surface area contributed by atoms with Gasteiger partial charge in [0.15, 0.2) is 0 Å². The van der Waals surface area contributed by atoms with Gasteiger partial charge in [0.2, 0.25) is 0 Å². The predicted octanol–water partition coefficient (Wildman–Crippen LogP) is 1.34. The number of fused-ring (bicyclic) bond motifs is 1. The topological polar surface area (TPSA) is 79.1 Å². The van der Waals surface area contributed by atoms with E-state index >= 15 is 0 Å². The molecule has 0 saturated heterocycles. The zero-order valence-corrected chi connectivity index (χ0v) is 8.04. The number of carboxylic acids is 1. The standard InChI is InChI=1S/C8H6N2O3S/c1-3-5(8(12)13)6-4(14-3)2-9-10-7(6)11/h2-3H,1H3,(H,12,13). The van der Waals surface area contributed by atoms with Gasteiger partial charge >= 0.3 is 5.97 Å². The molecule has 0 bridgehead atoms. The third-order valence-electron chi connectivity index (χ3n) is 1.99. The van der Waals surface area contributed by atoms with Gasteiger partial charge < -0.3 is 5.11 Å². The second-order valence-corrected chi connectivity index (χ2v) is 4.25. The number of nitrogens with zero attached hydrogens (tertiary/aromatic N) is 2. The highest BCUT2D eigenvalue weighted by Gasteiger charge is 2.36. The molecule has 2 aliphatic rings. The minimum absolute atomic E-state index is 0.130. The van der Waals surface area contributed by atoms with Gasteiger partial charge in [-0.15, -0.1) is 16.9 Å². The molecule has 2 aliphatic heterocycles. The molecule has 1 atom stereocenters. The van der Waals surface area contributed by atoms with E-state index < -0.39 is 11.9 Å². The molecular formula is C8H6N2O3S. The van der Waals surface area contributed by atoms with Crippen LogP contribution in [0.3, 0.4) is 0 Å². The summed E-state index contributed by atoms with van der Waals surface area (Å²) in [6, 6.07) is 0. The van der Waals surface area contributed by atoms with Gasteiger partial charge in [0.1, 0.15) is 0 Å². The summed E-state index contributed by atoms with van der Waals surface area (Å²) in [6.45, 7) is 1.74. The van der Waals surface area contributed by atoms with Gasteiger partial charge in [-0.25, -0.2) is 4.79 Å². The van der Waals surface area contributed by atoms with Crippen molar-refractivity contribution >= 4 is 23.6 Å². The lowest BCUT2D eigenvalue weighted by Gasteiger charge is -2.02. The molecule has 1 amide bonds. The van der Waals surface area contributed by atoms with E-state index in [0.717, 1.165) is 0 Å². The Kier molecular flexibility index (Phi) is 1.99. The van der Waals surface area contributed by atoms with Gasteiger partial charge in [-0.3, -0.25) is 4.79 Å². The summed E-state index contributed by atoms with van der Waals surface area (Å²) in [6.07, 6.45) is 1.42. The van der Waals surface area contributed by atoms with Crippen LogP contribution in [0.4, 0.5) is 0 Å². The van der Waals surface area contributed by atoms with Crippen LogP contribution in [-0.4, -0.2) is 22.2 Å². The first-order valence-electron chi connectivity index (χ1n) is 3.91. The van der Waals surface area contributed by atoms with E-state index in [0.29, 0.717) is 4.91 Å². The van der Waals surface area contributed by atoms with Gasteiger partial charge in [0.05, 0.1) is 17.3 Å². The number of rotatable bonds is 1. The number of amides is 1. The zero-order chi connectivity index (χ0) is 10.3. The van der Waals surface area contributed by atoms with Crippen molar-refractivity contribution in [2.24, 2.45) is 10.2 Å². The third-order valence-corrected chi connectivity index (χ3v) is 3.15. The maximum Gasteiger partial charge on any atom is 0.333 e. The van der Waals surface area contributed by atoms with Crippen LogP contribution >= 0.6 is 11.8 Å². The highest BCUT2D eigenvalue weighted by Crippen LogP contribution is 2.43. The molecule has 0 aromatic carbocycles. The second-order valence-electron chi connectivity index (χ2n) is 2.87. The minimum atomic E-state index is -1.06. The molecule has 0 spiro atoms. The Labute approximate surface area is 83.6 Å². The van der Waals surface area contributed by atoms with E-state index in [1.165, 1.54) is 18.0 Å². The SMILES string of the molecule is CC1SC2=CN=NC(=O)C2=C1C(=O)O. The van der Waals surface area contributed by atoms with Crippen LogP contribution < -0.4 is 0 Å². The van der Waals surface area contributed by atoms with Gasteiger partial charge in [-0.2, -0.15) is 5.11 Å². The van der Waals surface area contributed by atoms with Crippen molar-refractivity contribution in [1.82, 2.24) is 0 Å². The summed E-state index contributed by atoms with van der Waals surface area (Å²) < 4.78 is 0. The summed E-state index contributed by atoms with van der Waals surface area (Å²) in [5.74, 6) is -1.62. The summed E-state index contributed by atoms with van der Waals surface area (Å²) in [5.41, 5.74) is 0.329. The first kappa shape index (κ1) is 9.14. The van der Waals surface area contributed by atoms with E-state index in [-0.39, 0.29) is 16.4 Å². The maximum absolute atomic E-state index is 11.3. The van der Waals surface area contributed by atoms with E-state index in [1.807, 2.05) is 0 Å². The quantitative estimate of drug-likeness (QED) is 0.708. The van der Waals surface area contributed by atoms with Crippen molar-refractivity contribution in [3.05, 3.63) is 22.3 Å². The lowest BCUT2D eigenvalue weighted by molar-refractivity contribution is -0.133. The molecule has 0 radical (unpaired) electrons. The lowest BCUT2D eigenvalue weighted by Crippen LogP contribution is -2.12. The van der Waals surface area contributed by atoms with Crippen molar-refractivity contribution < 1.29 is 14.7 Å². The summed E-state index contributed by atoms with van der Waals surface area (Å²) in [7, 11) is 0. The first-order chi connectivity index (χ1) is 6.61. The number of carbonyl (C=O) groups is 2. The number of hydrogen-bond acceptors (Lipinski definition) is 4. The van der Waals surface area contributed by atoms with Gasteiger partial charge in [0.25, 0.3) is 5.91 Å². The Morgan fingerprint density at radius 2 is 2.36 bits per heavy atom. The minimum Gasteiger partial charge on any atom is -0.478 e. The van der Waals surface area contributed by atoms with Crippen LogP contribution in [0.2, 0.25) is 0 Å².